The zero-order chi connectivity index (χ0) is 11.2. The van der Waals surface area contributed by atoms with Crippen LogP contribution in [-0.2, 0) is 0 Å². The highest BCUT2D eigenvalue weighted by Gasteiger charge is 2.17. The first kappa shape index (κ1) is 11.1. The minimum atomic E-state index is 0.220. The summed E-state index contributed by atoms with van der Waals surface area (Å²) in [6.45, 7) is 4.48. The first-order valence-electron chi connectivity index (χ1n) is 5.71. The molecule has 1 N–H and O–H groups in total. The van der Waals surface area contributed by atoms with Gasteiger partial charge < -0.3 is 14.8 Å². The van der Waals surface area contributed by atoms with Gasteiger partial charge in [-0.2, -0.15) is 0 Å². The van der Waals surface area contributed by atoms with E-state index in [0.717, 1.165) is 25.9 Å². The van der Waals surface area contributed by atoms with Crippen molar-refractivity contribution < 1.29 is 9.47 Å². The van der Waals surface area contributed by atoms with Gasteiger partial charge in [0, 0.05) is 12.4 Å². The SMILES string of the molecule is CCOc1nccnc1OC1CCNCC1. The van der Waals surface area contributed by atoms with Gasteiger partial charge in [0.05, 0.1) is 6.61 Å². The minimum absolute atomic E-state index is 0.220. The van der Waals surface area contributed by atoms with Crippen LogP contribution < -0.4 is 14.8 Å². The second kappa shape index (κ2) is 5.65. The van der Waals surface area contributed by atoms with Crippen LogP contribution in [0.15, 0.2) is 12.4 Å². The lowest BCUT2D eigenvalue weighted by atomic mass is 10.1. The third kappa shape index (κ3) is 2.82. The van der Waals surface area contributed by atoms with Crippen LogP contribution in [0, 0.1) is 0 Å². The van der Waals surface area contributed by atoms with Gasteiger partial charge in [0.25, 0.3) is 11.8 Å². The number of ether oxygens (including phenoxy) is 2. The Bertz CT molecular complexity index is 327. The van der Waals surface area contributed by atoms with Crippen LogP contribution in [0.3, 0.4) is 0 Å². The molecule has 0 atom stereocenters. The van der Waals surface area contributed by atoms with Gasteiger partial charge in [0.2, 0.25) is 0 Å². The number of nitrogens with zero attached hydrogens (tertiary/aromatic N) is 2. The first-order chi connectivity index (χ1) is 7.90. The lowest BCUT2D eigenvalue weighted by molar-refractivity contribution is 0.146. The van der Waals surface area contributed by atoms with Gasteiger partial charge in [0.1, 0.15) is 6.10 Å². The summed E-state index contributed by atoms with van der Waals surface area (Å²) >= 11 is 0. The molecule has 1 aliphatic rings. The van der Waals surface area contributed by atoms with Crippen molar-refractivity contribution in [2.24, 2.45) is 0 Å². The summed E-state index contributed by atoms with van der Waals surface area (Å²) in [7, 11) is 0. The summed E-state index contributed by atoms with van der Waals surface area (Å²) in [6.07, 6.45) is 5.46. The molecule has 0 radical (unpaired) electrons. The standard InChI is InChI=1S/C11H17N3O2/c1-2-15-10-11(14-8-7-13-10)16-9-3-5-12-6-4-9/h7-9,12H,2-6H2,1H3. The molecule has 1 aliphatic heterocycles. The van der Waals surface area contributed by atoms with E-state index in [-0.39, 0.29) is 6.10 Å². The molecule has 1 fully saturated rings. The van der Waals surface area contributed by atoms with Crippen molar-refractivity contribution in [2.75, 3.05) is 19.7 Å². The van der Waals surface area contributed by atoms with Crippen molar-refractivity contribution >= 4 is 0 Å². The lowest BCUT2D eigenvalue weighted by Crippen LogP contribution is -2.34. The second-order valence-electron chi connectivity index (χ2n) is 3.67. The molecule has 88 valence electrons. The first-order valence-corrected chi connectivity index (χ1v) is 5.71. The lowest BCUT2D eigenvalue weighted by Gasteiger charge is -2.23. The fourth-order valence-corrected chi connectivity index (χ4v) is 1.70. The zero-order valence-electron chi connectivity index (χ0n) is 9.48. The molecule has 1 aromatic rings. The predicted octanol–water partition coefficient (Wildman–Crippen LogP) is 1.01. The van der Waals surface area contributed by atoms with E-state index in [0.29, 0.717) is 18.4 Å². The molecule has 1 saturated heterocycles. The Labute approximate surface area is 95.2 Å². The molecule has 16 heavy (non-hydrogen) atoms. The Morgan fingerprint density at radius 1 is 1.25 bits per heavy atom. The van der Waals surface area contributed by atoms with Crippen molar-refractivity contribution in [3.8, 4) is 11.8 Å². The normalized spacial score (nSPS) is 17.1. The topological polar surface area (TPSA) is 56.3 Å². The van der Waals surface area contributed by atoms with Crippen LogP contribution in [0.2, 0.25) is 0 Å². The molecule has 0 saturated carbocycles. The Balaban J connectivity index is 2.01. The molecule has 1 aromatic heterocycles. The molecule has 0 aliphatic carbocycles. The van der Waals surface area contributed by atoms with Crippen LogP contribution in [-0.4, -0.2) is 35.8 Å². The molecule has 0 bridgehead atoms. The van der Waals surface area contributed by atoms with E-state index < -0.39 is 0 Å². The molecule has 0 amide bonds. The number of hydrogen-bond acceptors (Lipinski definition) is 5. The van der Waals surface area contributed by atoms with Crippen LogP contribution in [0.1, 0.15) is 19.8 Å². The highest BCUT2D eigenvalue weighted by molar-refractivity contribution is 5.24. The number of aromatic nitrogens is 2. The van der Waals surface area contributed by atoms with Crippen molar-refractivity contribution in [3.05, 3.63) is 12.4 Å². The maximum Gasteiger partial charge on any atom is 0.278 e. The summed E-state index contributed by atoms with van der Waals surface area (Å²) in [6, 6.07) is 0. The third-order valence-corrected chi connectivity index (χ3v) is 2.48. The number of hydrogen-bond donors (Lipinski definition) is 1. The van der Waals surface area contributed by atoms with E-state index in [2.05, 4.69) is 15.3 Å². The van der Waals surface area contributed by atoms with E-state index >= 15 is 0 Å². The Morgan fingerprint density at radius 2 is 1.94 bits per heavy atom. The van der Waals surface area contributed by atoms with Crippen LogP contribution in [0.4, 0.5) is 0 Å². The third-order valence-electron chi connectivity index (χ3n) is 2.48. The van der Waals surface area contributed by atoms with Gasteiger partial charge >= 0.3 is 0 Å². The van der Waals surface area contributed by atoms with Gasteiger partial charge in [-0.1, -0.05) is 0 Å². The number of rotatable bonds is 4. The summed E-state index contributed by atoms with van der Waals surface area (Å²) in [5.74, 6) is 1.000. The molecule has 2 rings (SSSR count). The predicted molar refractivity (Wildman–Crippen MR) is 59.7 cm³/mol. The summed E-state index contributed by atoms with van der Waals surface area (Å²) < 4.78 is 11.2. The average Bonchev–Trinajstić information content (AvgIpc) is 2.33. The molecule has 2 heterocycles. The molecule has 5 heteroatoms. The van der Waals surface area contributed by atoms with E-state index in [9.17, 15) is 0 Å². The van der Waals surface area contributed by atoms with E-state index in [1.54, 1.807) is 12.4 Å². The summed E-state index contributed by atoms with van der Waals surface area (Å²) in [4.78, 5) is 8.27. The fraction of sp³-hybridized carbons (Fsp3) is 0.636. The van der Waals surface area contributed by atoms with Gasteiger partial charge in [0.15, 0.2) is 0 Å². The second-order valence-corrected chi connectivity index (χ2v) is 3.67. The van der Waals surface area contributed by atoms with E-state index in [1.807, 2.05) is 6.92 Å². The Kier molecular flexibility index (Phi) is 3.93. The van der Waals surface area contributed by atoms with E-state index in [1.165, 1.54) is 0 Å². The monoisotopic (exact) mass is 223 g/mol. The highest BCUT2D eigenvalue weighted by Crippen LogP contribution is 2.23. The molecule has 0 spiro atoms. The van der Waals surface area contributed by atoms with Crippen molar-refractivity contribution in [2.45, 2.75) is 25.9 Å². The summed E-state index contributed by atoms with van der Waals surface area (Å²) in [5, 5.41) is 3.29. The van der Waals surface area contributed by atoms with Crippen molar-refractivity contribution in [3.63, 3.8) is 0 Å². The summed E-state index contributed by atoms with van der Waals surface area (Å²) in [5.41, 5.74) is 0. The maximum atomic E-state index is 5.80. The van der Waals surface area contributed by atoms with Gasteiger partial charge in [-0.05, 0) is 32.9 Å². The number of piperidine rings is 1. The van der Waals surface area contributed by atoms with Crippen molar-refractivity contribution in [1.29, 1.82) is 0 Å². The van der Waals surface area contributed by atoms with Crippen LogP contribution in [0.5, 0.6) is 11.8 Å². The van der Waals surface area contributed by atoms with Crippen molar-refractivity contribution in [1.82, 2.24) is 15.3 Å². The molecule has 5 nitrogen and oxygen atoms in total. The van der Waals surface area contributed by atoms with Gasteiger partial charge in [-0.25, -0.2) is 9.97 Å². The van der Waals surface area contributed by atoms with Crippen LogP contribution in [0.25, 0.3) is 0 Å². The molecular formula is C11H17N3O2. The van der Waals surface area contributed by atoms with E-state index in [4.69, 9.17) is 9.47 Å². The average molecular weight is 223 g/mol. The maximum absolute atomic E-state index is 5.80. The largest absolute Gasteiger partial charge is 0.474 e. The molecule has 0 unspecified atom stereocenters. The smallest absolute Gasteiger partial charge is 0.278 e. The molecular weight excluding hydrogens is 206 g/mol. The van der Waals surface area contributed by atoms with Crippen LogP contribution >= 0.6 is 0 Å². The zero-order valence-corrected chi connectivity index (χ0v) is 9.48. The Hall–Kier alpha value is -1.36. The quantitative estimate of drug-likeness (QED) is 0.825. The number of nitrogens with one attached hydrogen (secondary N) is 1. The van der Waals surface area contributed by atoms with Gasteiger partial charge in [-0.3, -0.25) is 0 Å². The van der Waals surface area contributed by atoms with Gasteiger partial charge in [-0.15, -0.1) is 0 Å². The highest BCUT2D eigenvalue weighted by atomic mass is 16.5. The Morgan fingerprint density at radius 3 is 2.62 bits per heavy atom. The minimum Gasteiger partial charge on any atom is -0.474 e. The fourth-order valence-electron chi connectivity index (χ4n) is 1.70. The molecule has 0 aromatic carbocycles.